The Balaban J connectivity index is 1.22. The zero-order valence-corrected chi connectivity index (χ0v) is 26.0. The Bertz CT molecular complexity index is 1570. The summed E-state index contributed by atoms with van der Waals surface area (Å²) in [4.78, 5) is 38.4. The van der Waals surface area contributed by atoms with Crippen LogP contribution in [-0.2, 0) is 20.0 Å². The number of hydrogen-bond acceptors (Lipinski definition) is 8. The van der Waals surface area contributed by atoms with Crippen molar-refractivity contribution < 1.29 is 28.5 Å². The van der Waals surface area contributed by atoms with Crippen molar-refractivity contribution in [2.45, 2.75) is 96.6 Å². The summed E-state index contributed by atoms with van der Waals surface area (Å²) < 4.78 is 23.2. The second kappa shape index (κ2) is 11.7. The average molecular weight is 604 g/mol. The molecule has 0 radical (unpaired) electrons. The van der Waals surface area contributed by atoms with Crippen molar-refractivity contribution in [1.29, 1.82) is 0 Å². The zero-order chi connectivity index (χ0) is 31.1. The molecule has 3 heterocycles. The second-order valence-electron chi connectivity index (χ2n) is 13.2. The van der Waals surface area contributed by atoms with Gasteiger partial charge in [0.05, 0.1) is 17.7 Å². The molecule has 2 amide bonds. The van der Waals surface area contributed by atoms with E-state index in [-0.39, 0.29) is 18.0 Å². The van der Waals surface area contributed by atoms with Crippen LogP contribution in [0.3, 0.4) is 0 Å². The van der Waals surface area contributed by atoms with E-state index in [1.807, 2.05) is 52.8 Å². The fraction of sp³-hybridized carbons (Fsp3) is 0.515. The van der Waals surface area contributed by atoms with E-state index in [4.69, 9.17) is 18.9 Å². The van der Waals surface area contributed by atoms with Crippen LogP contribution < -0.4 is 15.4 Å². The number of fused-ring (bicyclic) bond motifs is 1. The summed E-state index contributed by atoms with van der Waals surface area (Å²) in [7, 11) is 0. The van der Waals surface area contributed by atoms with Crippen molar-refractivity contribution >= 4 is 23.0 Å². The van der Waals surface area contributed by atoms with E-state index in [0.717, 1.165) is 36.8 Å². The molecule has 2 saturated carbocycles. The minimum Gasteiger partial charge on any atom is -0.493 e. The number of aryl methyl sites for hydroxylation is 1. The van der Waals surface area contributed by atoms with Crippen molar-refractivity contribution in [2.75, 3.05) is 6.61 Å². The molecule has 0 spiro atoms. The third-order valence-corrected chi connectivity index (χ3v) is 8.35. The summed E-state index contributed by atoms with van der Waals surface area (Å²) in [5, 5.41) is 6.15. The Morgan fingerprint density at radius 3 is 2.36 bits per heavy atom. The summed E-state index contributed by atoms with van der Waals surface area (Å²) in [6, 6.07) is 5.84. The van der Waals surface area contributed by atoms with Gasteiger partial charge in [0.15, 0.2) is 0 Å². The number of benzene rings is 1. The molecule has 234 valence electrons. The summed E-state index contributed by atoms with van der Waals surface area (Å²) in [6.07, 6.45) is 9.50. The van der Waals surface area contributed by atoms with Gasteiger partial charge in [0.2, 0.25) is 0 Å². The highest BCUT2D eigenvalue weighted by Crippen LogP contribution is 2.40. The first-order valence-electron chi connectivity index (χ1n) is 15.4. The molecule has 0 saturated heterocycles. The molecule has 0 atom stereocenters. The largest absolute Gasteiger partial charge is 0.493 e. The number of alkyl carbamates (subject to hydrolysis) is 1. The number of carbonyl (C=O) groups excluding carboxylic acids is 2. The number of carbonyl (C=O) groups is 2. The minimum absolute atomic E-state index is 0.00952. The summed E-state index contributed by atoms with van der Waals surface area (Å²) in [6.45, 7) is 9.90. The van der Waals surface area contributed by atoms with E-state index in [0.29, 0.717) is 46.3 Å². The van der Waals surface area contributed by atoms with Crippen molar-refractivity contribution in [1.82, 2.24) is 25.6 Å². The first-order valence-corrected chi connectivity index (χ1v) is 15.4. The topological polar surface area (TPSA) is 137 Å². The van der Waals surface area contributed by atoms with E-state index >= 15 is 0 Å². The van der Waals surface area contributed by atoms with Crippen LogP contribution in [0.1, 0.15) is 87.8 Å². The van der Waals surface area contributed by atoms with Gasteiger partial charge in [-0.05, 0) is 90.3 Å². The molecule has 3 aliphatic rings. The van der Waals surface area contributed by atoms with E-state index in [9.17, 15) is 9.59 Å². The van der Waals surface area contributed by atoms with E-state index in [1.54, 1.807) is 0 Å². The molecule has 11 nitrogen and oxygen atoms in total. The van der Waals surface area contributed by atoms with Crippen LogP contribution in [0.15, 0.2) is 37.1 Å². The molecule has 1 aromatic carbocycles. The smallest absolute Gasteiger partial charge is 0.407 e. The standard InChI is InChI=1S/C33H41N5O6/c1-19-26(30(39)37-22-9-11-23(12-10-22)38-31(40)44-32(2,3)4)28-29(36-19)27(34-18-35-28)24-16-21(33(5)42-14-15-43-33)8-13-25(24)41-17-20-6-7-20/h8,13-16,18,20,22-23,36H,6-7,9-12,17H2,1-5H3,(H,37,39)(H,38,40). The maximum atomic E-state index is 13.6. The van der Waals surface area contributed by atoms with E-state index in [2.05, 4.69) is 25.6 Å². The minimum atomic E-state index is -0.964. The predicted octanol–water partition coefficient (Wildman–Crippen LogP) is 5.98. The number of ether oxygens (including phenoxy) is 4. The Morgan fingerprint density at radius 1 is 1.02 bits per heavy atom. The van der Waals surface area contributed by atoms with Gasteiger partial charge >= 0.3 is 6.09 Å². The number of hydrogen-bond donors (Lipinski definition) is 3. The molecule has 44 heavy (non-hydrogen) atoms. The molecule has 3 aromatic rings. The van der Waals surface area contributed by atoms with Gasteiger partial charge < -0.3 is 34.6 Å². The lowest BCUT2D eigenvalue weighted by Gasteiger charge is -2.30. The highest BCUT2D eigenvalue weighted by Gasteiger charge is 2.34. The van der Waals surface area contributed by atoms with Crippen molar-refractivity contribution in [3.8, 4) is 17.0 Å². The van der Waals surface area contributed by atoms with Gasteiger partial charge in [-0.3, -0.25) is 4.79 Å². The lowest BCUT2D eigenvalue weighted by atomic mass is 9.91. The molecule has 2 aromatic heterocycles. The normalized spacial score (nSPS) is 20.9. The Morgan fingerprint density at radius 2 is 1.70 bits per heavy atom. The van der Waals surface area contributed by atoms with Gasteiger partial charge in [-0.2, -0.15) is 0 Å². The first-order chi connectivity index (χ1) is 21.0. The molecular formula is C33H41N5O6. The highest BCUT2D eigenvalue weighted by atomic mass is 16.7. The Labute approximate surface area is 257 Å². The number of nitrogens with zero attached hydrogens (tertiary/aromatic N) is 2. The summed E-state index contributed by atoms with van der Waals surface area (Å²) in [5.74, 6) is 0.119. The third-order valence-electron chi connectivity index (χ3n) is 8.35. The van der Waals surface area contributed by atoms with Crippen molar-refractivity contribution in [3.05, 3.63) is 53.9 Å². The Hall–Kier alpha value is -4.28. The fourth-order valence-corrected chi connectivity index (χ4v) is 5.81. The van der Waals surface area contributed by atoms with Gasteiger partial charge in [-0.25, -0.2) is 14.8 Å². The molecule has 2 aliphatic carbocycles. The van der Waals surface area contributed by atoms with Crippen molar-refractivity contribution in [3.63, 3.8) is 0 Å². The predicted molar refractivity (Wildman–Crippen MR) is 164 cm³/mol. The molecule has 2 fully saturated rings. The molecule has 11 heteroatoms. The number of H-pyrrole nitrogens is 1. The van der Waals surface area contributed by atoms with Gasteiger partial charge in [0, 0.05) is 35.8 Å². The van der Waals surface area contributed by atoms with Gasteiger partial charge in [-0.15, -0.1) is 0 Å². The highest BCUT2D eigenvalue weighted by molar-refractivity contribution is 6.09. The van der Waals surface area contributed by atoms with Gasteiger partial charge in [0.25, 0.3) is 11.7 Å². The maximum Gasteiger partial charge on any atom is 0.407 e. The molecule has 6 rings (SSSR count). The lowest BCUT2D eigenvalue weighted by Crippen LogP contribution is -2.45. The number of nitrogens with one attached hydrogen (secondary N) is 3. The fourth-order valence-electron chi connectivity index (χ4n) is 5.81. The van der Waals surface area contributed by atoms with Crippen LogP contribution in [0, 0.1) is 12.8 Å². The SMILES string of the molecule is Cc1[nH]c2c(-c3cc(C4(C)OC=CO4)ccc3OCC3CC3)ncnc2c1C(=O)NC1CCC(NC(=O)OC(C)(C)C)CC1. The van der Waals surface area contributed by atoms with Crippen LogP contribution in [0.5, 0.6) is 5.75 Å². The zero-order valence-electron chi connectivity index (χ0n) is 26.0. The lowest BCUT2D eigenvalue weighted by molar-refractivity contribution is -0.133. The molecule has 0 unspecified atom stereocenters. The van der Waals surface area contributed by atoms with E-state index in [1.165, 1.54) is 31.7 Å². The summed E-state index contributed by atoms with van der Waals surface area (Å²) >= 11 is 0. The van der Waals surface area contributed by atoms with Crippen LogP contribution in [0.4, 0.5) is 4.79 Å². The molecular weight excluding hydrogens is 562 g/mol. The quantitative estimate of drug-likeness (QED) is 0.286. The van der Waals surface area contributed by atoms with Crippen LogP contribution >= 0.6 is 0 Å². The Kier molecular flexibility index (Phi) is 7.89. The number of rotatable bonds is 8. The number of aromatic nitrogens is 3. The monoisotopic (exact) mass is 603 g/mol. The molecule has 1 aliphatic heterocycles. The third kappa shape index (κ3) is 6.46. The van der Waals surface area contributed by atoms with Crippen LogP contribution in [-0.4, -0.2) is 51.2 Å². The maximum absolute atomic E-state index is 13.6. The average Bonchev–Trinajstić information content (AvgIpc) is 3.59. The second-order valence-corrected chi connectivity index (χ2v) is 13.2. The number of amides is 2. The number of aromatic amines is 1. The molecule has 3 N–H and O–H groups in total. The van der Waals surface area contributed by atoms with Gasteiger partial charge in [-0.1, -0.05) is 0 Å². The van der Waals surface area contributed by atoms with Crippen molar-refractivity contribution in [2.24, 2.45) is 5.92 Å². The van der Waals surface area contributed by atoms with Crippen LogP contribution in [0.25, 0.3) is 22.3 Å². The molecule has 0 bridgehead atoms. The summed E-state index contributed by atoms with van der Waals surface area (Å²) in [5.41, 5.74) is 4.06. The van der Waals surface area contributed by atoms with Gasteiger partial charge in [0.1, 0.15) is 41.4 Å². The first kappa shape index (κ1) is 29.8. The van der Waals surface area contributed by atoms with Crippen LogP contribution in [0.2, 0.25) is 0 Å². The van der Waals surface area contributed by atoms with E-state index < -0.39 is 17.5 Å².